The highest BCUT2D eigenvalue weighted by molar-refractivity contribution is 5.76. The monoisotopic (exact) mass is 277 g/mol. The first kappa shape index (κ1) is 16.5. The van der Waals surface area contributed by atoms with Crippen molar-refractivity contribution in [2.24, 2.45) is 0 Å². The number of para-hydroxylation sites is 1. The number of hydrogen-bond acceptors (Lipinski definition) is 3. The summed E-state index contributed by atoms with van der Waals surface area (Å²) in [5.41, 5.74) is 7.93. The molecule has 0 spiro atoms. The highest BCUT2D eigenvalue weighted by atomic mass is 16.1. The van der Waals surface area contributed by atoms with Crippen LogP contribution < -0.4 is 11.1 Å². The van der Waals surface area contributed by atoms with E-state index >= 15 is 0 Å². The fraction of sp³-hybridized carbons (Fsp3) is 0.562. The number of hydrogen-bond donors (Lipinski definition) is 2. The average Bonchev–Trinajstić information content (AvgIpc) is 2.38. The van der Waals surface area contributed by atoms with Crippen LogP contribution in [0.15, 0.2) is 24.3 Å². The molecule has 1 amide bonds. The lowest BCUT2D eigenvalue weighted by molar-refractivity contribution is -0.121. The first-order chi connectivity index (χ1) is 9.52. The number of nitrogens with zero attached hydrogens (tertiary/aromatic N) is 1. The van der Waals surface area contributed by atoms with Gasteiger partial charge in [-0.15, -0.1) is 0 Å². The van der Waals surface area contributed by atoms with Crippen LogP contribution in [0.5, 0.6) is 0 Å². The van der Waals surface area contributed by atoms with E-state index in [2.05, 4.69) is 17.1 Å². The molecule has 1 aromatic carbocycles. The van der Waals surface area contributed by atoms with Gasteiger partial charge < -0.3 is 11.1 Å². The highest BCUT2D eigenvalue weighted by Gasteiger charge is 2.10. The number of carbonyl (C=O) groups excluding carboxylic acids is 1. The summed E-state index contributed by atoms with van der Waals surface area (Å²) in [6, 6.07) is 8.11. The Balaban J connectivity index is 2.52. The number of benzene rings is 1. The van der Waals surface area contributed by atoms with Crippen molar-refractivity contribution in [1.82, 2.24) is 10.2 Å². The Kier molecular flexibility index (Phi) is 7.09. The van der Waals surface area contributed by atoms with E-state index < -0.39 is 0 Å². The van der Waals surface area contributed by atoms with Crippen LogP contribution in [0.3, 0.4) is 0 Å². The second kappa shape index (κ2) is 8.59. The lowest BCUT2D eigenvalue weighted by atomic mass is 10.1. The van der Waals surface area contributed by atoms with E-state index in [1.807, 2.05) is 38.1 Å². The number of anilines is 1. The molecule has 1 rings (SSSR count). The normalized spacial score (nSPS) is 11.1. The van der Waals surface area contributed by atoms with Crippen molar-refractivity contribution in [1.29, 1.82) is 0 Å². The van der Waals surface area contributed by atoms with Crippen LogP contribution in [-0.2, 0) is 11.3 Å². The summed E-state index contributed by atoms with van der Waals surface area (Å²) in [4.78, 5) is 14.0. The number of rotatable bonds is 8. The lowest BCUT2D eigenvalue weighted by Gasteiger charge is -2.22. The molecular weight excluding hydrogens is 250 g/mol. The maximum atomic E-state index is 11.7. The smallest absolute Gasteiger partial charge is 0.221 e. The van der Waals surface area contributed by atoms with E-state index in [0.717, 1.165) is 37.3 Å². The molecule has 0 saturated carbocycles. The number of carbonyl (C=O) groups is 1. The third-order valence-corrected chi connectivity index (χ3v) is 3.09. The van der Waals surface area contributed by atoms with E-state index in [-0.39, 0.29) is 11.9 Å². The second-order valence-corrected chi connectivity index (χ2v) is 5.45. The van der Waals surface area contributed by atoms with Gasteiger partial charge >= 0.3 is 0 Å². The third-order valence-electron chi connectivity index (χ3n) is 3.09. The molecule has 4 nitrogen and oxygen atoms in total. The van der Waals surface area contributed by atoms with E-state index in [9.17, 15) is 4.79 Å². The number of amides is 1. The summed E-state index contributed by atoms with van der Waals surface area (Å²) >= 11 is 0. The van der Waals surface area contributed by atoms with Gasteiger partial charge in [-0.05, 0) is 38.4 Å². The predicted octanol–water partition coefficient (Wildman–Crippen LogP) is 2.40. The SMILES string of the molecule is CCCN(CCC(=O)NC(C)C)Cc1ccccc1N. The summed E-state index contributed by atoms with van der Waals surface area (Å²) in [6.45, 7) is 8.65. The van der Waals surface area contributed by atoms with Crippen molar-refractivity contribution >= 4 is 11.6 Å². The van der Waals surface area contributed by atoms with Gasteiger partial charge in [-0.2, -0.15) is 0 Å². The predicted molar refractivity (Wildman–Crippen MR) is 84.3 cm³/mol. The molecule has 0 fully saturated rings. The first-order valence-corrected chi connectivity index (χ1v) is 7.38. The Morgan fingerprint density at radius 3 is 2.60 bits per heavy atom. The quantitative estimate of drug-likeness (QED) is 0.717. The summed E-state index contributed by atoms with van der Waals surface area (Å²) in [5.74, 6) is 0.113. The van der Waals surface area contributed by atoms with Gasteiger partial charge in [0.25, 0.3) is 0 Å². The Hall–Kier alpha value is -1.55. The second-order valence-electron chi connectivity index (χ2n) is 5.45. The Morgan fingerprint density at radius 2 is 2.00 bits per heavy atom. The Bertz CT molecular complexity index is 418. The minimum absolute atomic E-state index is 0.113. The number of nitrogens with two attached hydrogens (primary N) is 1. The molecule has 0 unspecified atom stereocenters. The van der Waals surface area contributed by atoms with E-state index in [0.29, 0.717) is 6.42 Å². The molecule has 112 valence electrons. The summed E-state index contributed by atoms with van der Waals surface area (Å²) in [6.07, 6.45) is 1.60. The van der Waals surface area contributed by atoms with Crippen molar-refractivity contribution < 1.29 is 4.79 Å². The zero-order chi connectivity index (χ0) is 15.0. The minimum Gasteiger partial charge on any atom is -0.398 e. The maximum absolute atomic E-state index is 11.7. The molecule has 0 radical (unpaired) electrons. The topological polar surface area (TPSA) is 58.4 Å². The molecule has 0 bridgehead atoms. The fourth-order valence-corrected chi connectivity index (χ4v) is 2.16. The van der Waals surface area contributed by atoms with Gasteiger partial charge in [-0.25, -0.2) is 0 Å². The molecule has 3 N–H and O–H groups in total. The van der Waals surface area contributed by atoms with Gasteiger partial charge in [0, 0.05) is 31.2 Å². The minimum atomic E-state index is 0.113. The summed E-state index contributed by atoms with van der Waals surface area (Å²) in [7, 11) is 0. The molecule has 0 aliphatic carbocycles. The summed E-state index contributed by atoms with van der Waals surface area (Å²) < 4.78 is 0. The molecule has 0 aliphatic rings. The number of nitrogens with one attached hydrogen (secondary N) is 1. The van der Waals surface area contributed by atoms with Gasteiger partial charge in [0.1, 0.15) is 0 Å². The van der Waals surface area contributed by atoms with Crippen molar-refractivity contribution in [3.05, 3.63) is 29.8 Å². The standard InChI is InChI=1S/C16H27N3O/c1-4-10-19(11-9-16(20)18-13(2)3)12-14-7-5-6-8-15(14)17/h5-8,13H,4,9-12,17H2,1-3H3,(H,18,20). The largest absolute Gasteiger partial charge is 0.398 e. The molecule has 1 aromatic rings. The van der Waals surface area contributed by atoms with Crippen molar-refractivity contribution in [3.63, 3.8) is 0 Å². The highest BCUT2D eigenvalue weighted by Crippen LogP contribution is 2.13. The number of nitrogen functional groups attached to an aromatic ring is 1. The third kappa shape index (κ3) is 6.06. The van der Waals surface area contributed by atoms with Gasteiger partial charge in [-0.1, -0.05) is 25.1 Å². The molecular formula is C16H27N3O. The van der Waals surface area contributed by atoms with Crippen LogP contribution in [0.25, 0.3) is 0 Å². The van der Waals surface area contributed by atoms with Crippen LogP contribution in [0.4, 0.5) is 5.69 Å². The molecule has 0 atom stereocenters. The van der Waals surface area contributed by atoms with Crippen molar-refractivity contribution in [2.75, 3.05) is 18.8 Å². The van der Waals surface area contributed by atoms with Crippen LogP contribution >= 0.6 is 0 Å². The van der Waals surface area contributed by atoms with Crippen LogP contribution in [-0.4, -0.2) is 29.9 Å². The Labute approximate surface area is 122 Å². The molecule has 0 heterocycles. The van der Waals surface area contributed by atoms with Gasteiger partial charge in [0.15, 0.2) is 0 Å². The molecule has 0 aromatic heterocycles. The van der Waals surface area contributed by atoms with Gasteiger partial charge in [0.05, 0.1) is 0 Å². The van der Waals surface area contributed by atoms with Crippen molar-refractivity contribution in [3.8, 4) is 0 Å². The Morgan fingerprint density at radius 1 is 1.30 bits per heavy atom. The molecule has 4 heteroatoms. The van der Waals surface area contributed by atoms with E-state index in [1.54, 1.807) is 0 Å². The maximum Gasteiger partial charge on any atom is 0.221 e. The van der Waals surface area contributed by atoms with Gasteiger partial charge in [0.2, 0.25) is 5.91 Å². The molecule has 0 aliphatic heterocycles. The van der Waals surface area contributed by atoms with Crippen LogP contribution in [0, 0.1) is 0 Å². The molecule has 20 heavy (non-hydrogen) atoms. The lowest BCUT2D eigenvalue weighted by Crippen LogP contribution is -2.34. The average molecular weight is 277 g/mol. The zero-order valence-electron chi connectivity index (χ0n) is 12.9. The summed E-state index contributed by atoms with van der Waals surface area (Å²) in [5, 5.41) is 2.93. The van der Waals surface area contributed by atoms with E-state index in [1.165, 1.54) is 0 Å². The van der Waals surface area contributed by atoms with Crippen LogP contribution in [0.1, 0.15) is 39.2 Å². The first-order valence-electron chi connectivity index (χ1n) is 7.38. The van der Waals surface area contributed by atoms with Gasteiger partial charge in [-0.3, -0.25) is 9.69 Å². The molecule has 0 saturated heterocycles. The zero-order valence-corrected chi connectivity index (χ0v) is 12.9. The van der Waals surface area contributed by atoms with E-state index in [4.69, 9.17) is 5.73 Å². The van der Waals surface area contributed by atoms with Crippen molar-refractivity contribution in [2.45, 2.75) is 46.2 Å². The fourth-order valence-electron chi connectivity index (χ4n) is 2.16. The van der Waals surface area contributed by atoms with Crippen LogP contribution in [0.2, 0.25) is 0 Å².